The highest BCUT2D eigenvalue weighted by Gasteiger charge is 2.31. The Bertz CT molecular complexity index is 797. The monoisotopic (exact) mass is 514 g/mol. The van der Waals surface area contributed by atoms with Gasteiger partial charge in [-0.2, -0.15) is 0 Å². The van der Waals surface area contributed by atoms with E-state index in [0.29, 0.717) is 6.42 Å². The van der Waals surface area contributed by atoms with Crippen LogP contribution in [0.3, 0.4) is 0 Å². The molecule has 0 radical (unpaired) electrons. The number of hydrogen-bond donors (Lipinski definition) is 8. The van der Waals surface area contributed by atoms with Gasteiger partial charge in [-0.25, -0.2) is 4.79 Å². The normalized spacial score (nSPS) is 14.3. The summed E-state index contributed by atoms with van der Waals surface area (Å²) in [5.41, 5.74) is 21.3. The fraction of sp³-hybridized carbons (Fsp3) is 0.727. The molecule has 36 heavy (non-hydrogen) atoms. The zero-order chi connectivity index (χ0) is 28.0. The largest absolute Gasteiger partial charge is 0.480 e. The number of nitrogens with zero attached hydrogens (tertiary/aromatic N) is 1. The number of amides is 4. The summed E-state index contributed by atoms with van der Waals surface area (Å²) in [6.07, 6.45) is 0.454. The van der Waals surface area contributed by atoms with Gasteiger partial charge in [-0.3, -0.25) is 24.2 Å². The molecule has 0 aromatic rings. The third-order valence-corrected chi connectivity index (χ3v) is 5.00. The highest BCUT2D eigenvalue weighted by molar-refractivity contribution is 5.95. The van der Waals surface area contributed by atoms with Crippen molar-refractivity contribution in [3.8, 4) is 0 Å². The molecular weight excluding hydrogens is 472 g/mol. The zero-order valence-electron chi connectivity index (χ0n) is 21.5. The average molecular weight is 515 g/mol. The minimum Gasteiger partial charge on any atom is -0.480 e. The van der Waals surface area contributed by atoms with Crippen LogP contribution in [-0.4, -0.2) is 71.4 Å². The number of nitrogens with one attached hydrogen (secondary N) is 3. The Balaban J connectivity index is 5.48. The smallest absolute Gasteiger partial charge is 0.326 e. The van der Waals surface area contributed by atoms with Crippen molar-refractivity contribution >= 4 is 35.6 Å². The van der Waals surface area contributed by atoms with Crippen LogP contribution in [0.1, 0.15) is 59.8 Å². The number of primary amides is 1. The van der Waals surface area contributed by atoms with Gasteiger partial charge in [0.15, 0.2) is 5.96 Å². The minimum atomic E-state index is -1.24. The van der Waals surface area contributed by atoms with Crippen LogP contribution in [0.4, 0.5) is 0 Å². The Labute approximate surface area is 211 Å². The molecular formula is C22H42N8O6. The van der Waals surface area contributed by atoms with Crippen LogP contribution in [0.25, 0.3) is 0 Å². The molecule has 0 aliphatic rings. The van der Waals surface area contributed by atoms with Crippen LogP contribution < -0.4 is 38.9 Å². The maximum atomic E-state index is 13.1. The maximum Gasteiger partial charge on any atom is 0.326 e. The zero-order valence-corrected chi connectivity index (χ0v) is 21.5. The first-order valence-electron chi connectivity index (χ1n) is 11.9. The van der Waals surface area contributed by atoms with Gasteiger partial charge < -0.3 is 44.0 Å². The molecule has 0 aliphatic heterocycles. The molecule has 0 rings (SSSR count). The number of carbonyl (C=O) groups is 5. The molecule has 14 heteroatoms. The van der Waals surface area contributed by atoms with E-state index in [4.69, 9.17) is 22.9 Å². The van der Waals surface area contributed by atoms with Crippen molar-refractivity contribution in [3.63, 3.8) is 0 Å². The molecule has 0 aromatic heterocycles. The number of carbonyl (C=O) groups excluding carboxylic acids is 4. The summed E-state index contributed by atoms with van der Waals surface area (Å²) in [5, 5.41) is 17.1. The summed E-state index contributed by atoms with van der Waals surface area (Å²) in [5.74, 6) is -4.19. The van der Waals surface area contributed by atoms with E-state index in [1.54, 1.807) is 0 Å². The van der Waals surface area contributed by atoms with Gasteiger partial charge in [-0.15, -0.1) is 0 Å². The molecule has 0 saturated heterocycles. The topological polar surface area (TPSA) is 258 Å². The lowest BCUT2D eigenvalue weighted by Crippen LogP contribution is -2.57. The van der Waals surface area contributed by atoms with Crippen molar-refractivity contribution in [2.75, 3.05) is 6.54 Å². The standard InChI is InChI=1S/C22H42N8O6/c1-11(2)8-15(29-18(32)13(23)10-17(24)31)20(34)30-16(9-12(3)4)19(33)28-14(21(35)36)6-5-7-27-22(25)26/h11-16H,5-10,23H2,1-4H3,(H2,24,31)(H,28,33)(H,29,32)(H,30,34)(H,35,36)(H4,25,26,27). The van der Waals surface area contributed by atoms with E-state index in [1.165, 1.54) is 0 Å². The molecule has 4 unspecified atom stereocenters. The van der Waals surface area contributed by atoms with Crippen LogP contribution >= 0.6 is 0 Å². The van der Waals surface area contributed by atoms with Crippen LogP contribution in [0, 0.1) is 11.8 Å². The van der Waals surface area contributed by atoms with Crippen molar-refractivity contribution in [3.05, 3.63) is 0 Å². The maximum absolute atomic E-state index is 13.1. The van der Waals surface area contributed by atoms with Gasteiger partial charge in [-0.1, -0.05) is 27.7 Å². The van der Waals surface area contributed by atoms with Gasteiger partial charge in [0.05, 0.1) is 12.5 Å². The number of carboxylic acid groups (broad SMARTS) is 1. The number of aliphatic imine (C=N–C) groups is 1. The number of rotatable bonds is 17. The lowest BCUT2D eigenvalue weighted by molar-refractivity contribution is -0.142. The molecule has 0 aliphatic carbocycles. The van der Waals surface area contributed by atoms with Gasteiger partial charge in [-0.05, 0) is 37.5 Å². The predicted molar refractivity (Wildman–Crippen MR) is 134 cm³/mol. The molecule has 14 nitrogen and oxygen atoms in total. The van der Waals surface area contributed by atoms with Gasteiger partial charge in [0, 0.05) is 6.54 Å². The third kappa shape index (κ3) is 14.1. The molecule has 4 amide bonds. The van der Waals surface area contributed by atoms with Crippen molar-refractivity contribution in [1.29, 1.82) is 0 Å². The van der Waals surface area contributed by atoms with Crippen LogP contribution in [0.2, 0.25) is 0 Å². The third-order valence-electron chi connectivity index (χ3n) is 5.00. The van der Waals surface area contributed by atoms with Crippen molar-refractivity contribution in [1.82, 2.24) is 16.0 Å². The molecule has 0 fully saturated rings. The highest BCUT2D eigenvalue weighted by atomic mass is 16.4. The average Bonchev–Trinajstić information content (AvgIpc) is 2.73. The fourth-order valence-corrected chi connectivity index (χ4v) is 3.30. The van der Waals surface area contributed by atoms with E-state index >= 15 is 0 Å². The lowest BCUT2D eigenvalue weighted by Gasteiger charge is -2.26. The van der Waals surface area contributed by atoms with Gasteiger partial charge in [0.1, 0.15) is 18.1 Å². The van der Waals surface area contributed by atoms with E-state index in [9.17, 15) is 29.1 Å². The number of guanidine groups is 1. The van der Waals surface area contributed by atoms with E-state index in [0.717, 1.165) is 0 Å². The van der Waals surface area contributed by atoms with Gasteiger partial charge in [0.2, 0.25) is 23.6 Å². The highest BCUT2D eigenvalue weighted by Crippen LogP contribution is 2.10. The second kappa shape index (κ2) is 16.3. The predicted octanol–water partition coefficient (Wildman–Crippen LogP) is -2.13. The Morgan fingerprint density at radius 1 is 0.778 bits per heavy atom. The van der Waals surface area contributed by atoms with E-state index in [-0.39, 0.29) is 50.0 Å². The molecule has 0 bridgehead atoms. The number of aliphatic carboxylic acids is 1. The Hall–Kier alpha value is -3.42. The van der Waals surface area contributed by atoms with Crippen LogP contribution in [0.15, 0.2) is 4.99 Å². The summed E-state index contributed by atoms with van der Waals surface area (Å²) >= 11 is 0. The molecule has 0 spiro atoms. The summed E-state index contributed by atoms with van der Waals surface area (Å²) in [6.45, 7) is 7.56. The second-order valence-electron chi connectivity index (χ2n) is 9.51. The summed E-state index contributed by atoms with van der Waals surface area (Å²) in [7, 11) is 0. The Morgan fingerprint density at radius 3 is 1.61 bits per heavy atom. The quantitative estimate of drug-likeness (QED) is 0.0598. The number of nitrogens with two attached hydrogens (primary N) is 4. The van der Waals surface area contributed by atoms with Crippen molar-refractivity contribution in [2.24, 2.45) is 39.8 Å². The van der Waals surface area contributed by atoms with E-state index < -0.39 is 53.8 Å². The molecule has 12 N–H and O–H groups in total. The molecule has 0 aromatic carbocycles. The number of carboxylic acids is 1. The van der Waals surface area contributed by atoms with Gasteiger partial charge >= 0.3 is 5.97 Å². The SMILES string of the molecule is CC(C)CC(NC(=O)C(N)CC(N)=O)C(=O)NC(CC(C)C)C(=O)NC(CCCN=C(N)N)C(=O)O. The van der Waals surface area contributed by atoms with Crippen molar-refractivity contribution < 1.29 is 29.1 Å². The van der Waals surface area contributed by atoms with Gasteiger partial charge in [0.25, 0.3) is 0 Å². The second-order valence-corrected chi connectivity index (χ2v) is 9.51. The summed E-state index contributed by atoms with van der Waals surface area (Å²) in [6, 6.07) is -4.53. The van der Waals surface area contributed by atoms with E-state index in [2.05, 4.69) is 20.9 Å². The molecule has 206 valence electrons. The summed E-state index contributed by atoms with van der Waals surface area (Å²) < 4.78 is 0. The molecule has 0 heterocycles. The number of hydrogen-bond acceptors (Lipinski definition) is 7. The lowest BCUT2D eigenvalue weighted by atomic mass is 9.99. The first-order valence-corrected chi connectivity index (χ1v) is 11.9. The molecule has 0 saturated carbocycles. The summed E-state index contributed by atoms with van der Waals surface area (Å²) in [4.78, 5) is 64.9. The van der Waals surface area contributed by atoms with Crippen LogP contribution in [0.5, 0.6) is 0 Å². The fourth-order valence-electron chi connectivity index (χ4n) is 3.30. The first kappa shape index (κ1) is 32.6. The van der Waals surface area contributed by atoms with E-state index in [1.807, 2.05) is 27.7 Å². The molecule has 4 atom stereocenters. The first-order chi connectivity index (χ1) is 16.6. The minimum absolute atomic E-state index is 0.00704. The van der Waals surface area contributed by atoms with Crippen LogP contribution in [-0.2, 0) is 24.0 Å². The Morgan fingerprint density at radius 2 is 1.22 bits per heavy atom. The van der Waals surface area contributed by atoms with Crippen molar-refractivity contribution in [2.45, 2.75) is 84.0 Å². The Kier molecular flexibility index (Phi) is 14.7.